The van der Waals surface area contributed by atoms with Crippen molar-refractivity contribution < 1.29 is 22.7 Å². The zero-order chi connectivity index (χ0) is 30.7. The molecule has 2 aliphatic rings. The fourth-order valence-electron chi connectivity index (χ4n) is 5.25. The van der Waals surface area contributed by atoms with Crippen LogP contribution in [0.5, 0.6) is 11.5 Å². The average Bonchev–Trinajstić information content (AvgIpc) is 3.52. The highest BCUT2D eigenvalue weighted by Gasteiger charge is 2.39. The molecule has 13 nitrogen and oxygen atoms in total. The summed E-state index contributed by atoms with van der Waals surface area (Å²) in [6.07, 6.45) is 6.26. The van der Waals surface area contributed by atoms with Gasteiger partial charge in [-0.15, -0.1) is 6.58 Å². The highest BCUT2D eigenvalue weighted by atomic mass is 35.5. The number of nitrogens with zero attached hydrogens (tertiary/aromatic N) is 7. The smallest absolute Gasteiger partial charge is 0.238 e. The van der Waals surface area contributed by atoms with Crippen LogP contribution in [0.25, 0.3) is 5.95 Å². The lowest BCUT2D eigenvalue weighted by molar-refractivity contribution is -0.122. The van der Waals surface area contributed by atoms with Gasteiger partial charge in [0.2, 0.25) is 21.9 Å². The van der Waals surface area contributed by atoms with E-state index < -0.39 is 21.4 Å². The van der Waals surface area contributed by atoms with Crippen LogP contribution >= 0.6 is 11.6 Å². The first-order valence-electron chi connectivity index (χ1n) is 13.8. The molecule has 1 N–H and O–H groups in total. The SMILES string of the molecule is C=CC(N(C)C)S(=O)(=O)N1CCN(c2cc(Cl)nc(-n3ccnc3)n2)C(CC(=O)NC(C)c2ccc3c(c2)OCCO3)C1. The molecule has 230 valence electrons. The molecule has 5 rings (SSSR count). The number of hydrogen-bond donors (Lipinski definition) is 1. The number of imidazole rings is 1. The topological polar surface area (TPSA) is 135 Å². The Bertz CT molecular complexity index is 1570. The number of nitrogens with one attached hydrogen (secondary N) is 1. The van der Waals surface area contributed by atoms with E-state index in [1.54, 1.807) is 48.3 Å². The van der Waals surface area contributed by atoms with Gasteiger partial charge in [-0.1, -0.05) is 23.7 Å². The van der Waals surface area contributed by atoms with E-state index in [-0.39, 0.29) is 43.2 Å². The van der Waals surface area contributed by atoms with Gasteiger partial charge in [-0.2, -0.15) is 9.29 Å². The van der Waals surface area contributed by atoms with Crippen LogP contribution in [-0.4, -0.2) is 101 Å². The third kappa shape index (κ3) is 6.77. The zero-order valence-corrected chi connectivity index (χ0v) is 25.8. The van der Waals surface area contributed by atoms with E-state index in [1.165, 1.54) is 10.4 Å². The second-order valence-electron chi connectivity index (χ2n) is 10.6. The summed E-state index contributed by atoms with van der Waals surface area (Å²) in [5.74, 6) is 1.84. The van der Waals surface area contributed by atoms with Crippen LogP contribution < -0.4 is 19.7 Å². The van der Waals surface area contributed by atoms with Gasteiger partial charge in [0, 0.05) is 44.5 Å². The summed E-state index contributed by atoms with van der Waals surface area (Å²) >= 11 is 6.39. The van der Waals surface area contributed by atoms with Crippen LogP contribution in [-0.2, 0) is 14.8 Å². The molecule has 3 atom stereocenters. The van der Waals surface area contributed by atoms with Crippen molar-refractivity contribution in [3.8, 4) is 17.4 Å². The summed E-state index contributed by atoms with van der Waals surface area (Å²) in [7, 11) is -0.418. The first-order valence-corrected chi connectivity index (χ1v) is 15.7. The number of rotatable bonds is 10. The van der Waals surface area contributed by atoms with E-state index in [0.717, 1.165) is 5.56 Å². The van der Waals surface area contributed by atoms with Gasteiger partial charge in [0.25, 0.3) is 0 Å². The van der Waals surface area contributed by atoms with Crippen molar-refractivity contribution in [2.45, 2.75) is 30.8 Å². The molecule has 2 aliphatic heterocycles. The third-order valence-electron chi connectivity index (χ3n) is 7.39. The fraction of sp³-hybridized carbons (Fsp3) is 0.429. The number of benzene rings is 1. The second kappa shape index (κ2) is 12.9. The number of piperazine rings is 1. The quantitative estimate of drug-likeness (QED) is 0.262. The summed E-state index contributed by atoms with van der Waals surface area (Å²) in [4.78, 5) is 30.0. The Balaban J connectivity index is 1.40. The minimum atomic E-state index is -3.79. The Morgan fingerprint density at radius 1 is 1.21 bits per heavy atom. The molecule has 1 amide bonds. The number of carbonyl (C=O) groups is 1. The van der Waals surface area contributed by atoms with Gasteiger partial charge in [0.05, 0.1) is 12.1 Å². The van der Waals surface area contributed by atoms with Crippen molar-refractivity contribution in [2.75, 3.05) is 51.8 Å². The van der Waals surface area contributed by atoms with Crippen LogP contribution in [0, 0.1) is 0 Å². The van der Waals surface area contributed by atoms with Gasteiger partial charge >= 0.3 is 0 Å². The summed E-state index contributed by atoms with van der Waals surface area (Å²) in [5.41, 5.74) is 0.856. The maximum atomic E-state index is 13.6. The number of amides is 1. The Kier molecular flexibility index (Phi) is 9.20. The molecule has 1 aromatic carbocycles. The lowest BCUT2D eigenvalue weighted by Crippen LogP contribution is -2.58. The second-order valence-corrected chi connectivity index (χ2v) is 13.0. The molecule has 0 radical (unpaired) electrons. The molecule has 4 heterocycles. The van der Waals surface area contributed by atoms with E-state index in [0.29, 0.717) is 36.5 Å². The Morgan fingerprint density at radius 2 is 1.98 bits per heavy atom. The third-order valence-corrected chi connectivity index (χ3v) is 9.85. The lowest BCUT2D eigenvalue weighted by Gasteiger charge is -2.42. The molecular weight excluding hydrogens is 596 g/mol. The van der Waals surface area contributed by atoms with E-state index in [2.05, 4.69) is 26.8 Å². The van der Waals surface area contributed by atoms with Crippen molar-refractivity contribution in [2.24, 2.45) is 0 Å². The molecule has 15 heteroatoms. The lowest BCUT2D eigenvalue weighted by atomic mass is 10.1. The van der Waals surface area contributed by atoms with E-state index in [1.807, 2.05) is 30.0 Å². The maximum absolute atomic E-state index is 13.6. The van der Waals surface area contributed by atoms with Crippen LogP contribution in [0.1, 0.15) is 24.9 Å². The van der Waals surface area contributed by atoms with Crippen LogP contribution in [0.15, 0.2) is 55.6 Å². The van der Waals surface area contributed by atoms with Crippen molar-refractivity contribution in [1.82, 2.24) is 34.0 Å². The van der Waals surface area contributed by atoms with Gasteiger partial charge in [0.1, 0.15) is 35.9 Å². The summed E-state index contributed by atoms with van der Waals surface area (Å²) in [5, 5.41) is 2.34. The number of anilines is 1. The predicted molar refractivity (Wildman–Crippen MR) is 162 cm³/mol. The van der Waals surface area contributed by atoms with Gasteiger partial charge in [-0.3, -0.25) is 14.3 Å². The fourth-order valence-corrected chi connectivity index (χ4v) is 7.22. The van der Waals surface area contributed by atoms with Crippen molar-refractivity contribution in [3.63, 3.8) is 0 Å². The molecule has 0 bridgehead atoms. The first-order chi connectivity index (χ1) is 20.6. The maximum Gasteiger partial charge on any atom is 0.238 e. The predicted octanol–water partition coefficient (Wildman–Crippen LogP) is 2.25. The molecule has 2 aromatic heterocycles. The number of halogens is 1. The van der Waals surface area contributed by atoms with Crippen LogP contribution in [0.3, 0.4) is 0 Å². The van der Waals surface area contributed by atoms with Gasteiger partial charge in [0.15, 0.2) is 11.5 Å². The molecule has 43 heavy (non-hydrogen) atoms. The van der Waals surface area contributed by atoms with Crippen molar-refractivity contribution in [1.29, 1.82) is 0 Å². The summed E-state index contributed by atoms with van der Waals surface area (Å²) in [6, 6.07) is 6.30. The molecule has 3 unspecified atom stereocenters. The number of sulfonamides is 1. The van der Waals surface area contributed by atoms with E-state index in [9.17, 15) is 13.2 Å². The van der Waals surface area contributed by atoms with Crippen LogP contribution in [0.2, 0.25) is 5.15 Å². The van der Waals surface area contributed by atoms with Crippen LogP contribution in [0.4, 0.5) is 5.82 Å². The van der Waals surface area contributed by atoms with E-state index >= 15 is 0 Å². The number of ether oxygens (including phenoxy) is 2. The monoisotopic (exact) mass is 630 g/mol. The average molecular weight is 631 g/mol. The van der Waals surface area contributed by atoms with E-state index in [4.69, 9.17) is 21.1 Å². The molecule has 3 aromatic rings. The minimum Gasteiger partial charge on any atom is -0.486 e. The Labute approximate surface area is 256 Å². The standard InChI is InChI=1S/C28H35ClN8O5S/c1-5-27(34(3)4)43(39,40)36-10-11-37(25-16-24(29)32-28(33-25)35-9-8-30-18-35)21(17-36)15-26(38)31-19(2)20-6-7-22-23(14-20)42-13-12-41-22/h5-9,14,16,18-19,21,27H,1,10-13,15,17H2,2-4H3,(H,31,38). The highest BCUT2D eigenvalue weighted by Crippen LogP contribution is 2.33. The number of aromatic nitrogens is 4. The highest BCUT2D eigenvalue weighted by molar-refractivity contribution is 7.89. The van der Waals surface area contributed by atoms with Gasteiger partial charge in [-0.25, -0.2) is 18.4 Å². The normalized spacial score (nSPS) is 18.7. The molecule has 0 saturated carbocycles. The number of carbonyl (C=O) groups excluding carboxylic acids is 1. The molecular formula is C28H35ClN8O5S. The van der Waals surface area contributed by atoms with Gasteiger partial charge in [-0.05, 0) is 38.7 Å². The van der Waals surface area contributed by atoms with Crippen molar-refractivity contribution in [3.05, 3.63) is 66.4 Å². The summed E-state index contributed by atoms with van der Waals surface area (Å²) < 4.78 is 41.5. The number of likely N-dealkylation sites (N-methyl/N-ethyl adjacent to an activating group) is 1. The Hall–Kier alpha value is -3.72. The molecule has 0 aliphatic carbocycles. The molecule has 1 fully saturated rings. The largest absolute Gasteiger partial charge is 0.486 e. The molecule has 1 saturated heterocycles. The molecule has 0 spiro atoms. The summed E-state index contributed by atoms with van der Waals surface area (Å²) in [6.45, 7) is 7.10. The van der Waals surface area contributed by atoms with Crippen molar-refractivity contribution >= 4 is 33.3 Å². The zero-order valence-electron chi connectivity index (χ0n) is 24.3. The first kappa shape index (κ1) is 30.7. The van der Waals surface area contributed by atoms with Gasteiger partial charge < -0.3 is 19.7 Å². The number of fused-ring (bicyclic) bond motifs is 1. The Morgan fingerprint density at radius 3 is 2.67 bits per heavy atom. The minimum absolute atomic E-state index is 0.00363. The number of hydrogen-bond acceptors (Lipinski definition) is 10.